The monoisotopic (exact) mass is 649 g/mol. The van der Waals surface area contributed by atoms with Crippen LogP contribution in [0, 0.1) is 0 Å². The first kappa shape index (κ1) is 34.3. The van der Waals surface area contributed by atoms with E-state index in [0.29, 0.717) is 34.6 Å². The van der Waals surface area contributed by atoms with Crippen molar-refractivity contribution in [3.8, 4) is 0 Å². The summed E-state index contributed by atoms with van der Waals surface area (Å²) < 4.78 is 31.7. The van der Waals surface area contributed by atoms with Gasteiger partial charge in [-0.3, -0.25) is 19.0 Å². The van der Waals surface area contributed by atoms with Crippen LogP contribution in [-0.4, -0.2) is 100 Å². The Morgan fingerprint density at radius 3 is 2.20 bits per heavy atom. The Bertz CT molecular complexity index is 1700. The van der Waals surface area contributed by atoms with Gasteiger partial charge in [-0.15, -0.1) is 0 Å². The molecule has 0 radical (unpaired) electrons. The number of carbonyl (C=O) groups excluding carboxylic acids is 3. The second-order valence-electron chi connectivity index (χ2n) is 10.9. The third-order valence-electron chi connectivity index (χ3n) is 7.72. The number of carbonyl (C=O) groups is 3. The number of likely N-dealkylation sites (N-methyl/N-ethyl adjacent to an activating group) is 2. The number of hydrogen-bond acceptors (Lipinski definition) is 9. The van der Waals surface area contributed by atoms with E-state index in [1.54, 1.807) is 30.1 Å². The van der Waals surface area contributed by atoms with Crippen molar-refractivity contribution >= 4 is 56.2 Å². The molecular formula is C33H39N5O7S. The van der Waals surface area contributed by atoms with Crippen LogP contribution in [-0.2, 0) is 24.4 Å². The van der Waals surface area contributed by atoms with Crippen molar-refractivity contribution in [2.24, 2.45) is 0 Å². The van der Waals surface area contributed by atoms with Crippen LogP contribution in [0.1, 0.15) is 28.4 Å². The molecule has 244 valence electrons. The van der Waals surface area contributed by atoms with Crippen molar-refractivity contribution in [2.75, 3.05) is 75.2 Å². The van der Waals surface area contributed by atoms with E-state index in [4.69, 9.17) is 9.29 Å². The number of esters is 1. The zero-order valence-electron chi connectivity index (χ0n) is 26.3. The van der Waals surface area contributed by atoms with Crippen LogP contribution < -0.4 is 15.5 Å². The highest BCUT2D eigenvalue weighted by atomic mass is 32.2. The molecule has 2 heterocycles. The summed E-state index contributed by atoms with van der Waals surface area (Å²) in [6.07, 6.45) is 0. The minimum absolute atomic E-state index is 0.0444. The Morgan fingerprint density at radius 2 is 1.61 bits per heavy atom. The van der Waals surface area contributed by atoms with Gasteiger partial charge in [0.2, 0.25) is 5.91 Å². The molecule has 46 heavy (non-hydrogen) atoms. The van der Waals surface area contributed by atoms with Gasteiger partial charge in [0.25, 0.3) is 16.0 Å². The minimum Gasteiger partial charge on any atom is -0.465 e. The number of benzene rings is 3. The van der Waals surface area contributed by atoms with E-state index in [1.807, 2.05) is 54.6 Å². The van der Waals surface area contributed by atoms with E-state index in [9.17, 15) is 22.8 Å². The van der Waals surface area contributed by atoms with E-state index < -0.39 is 16.1 Å². The molecule has 0 saturated carbocycles. The third-order valence-corrected chi connectivity index (χ3v) is 8.44. The molecule has 0 bridgehead atoms. The molecule has 2 aliphatic rings. The molecule has 3 N–H and O–H groups in total. The van der Waals surface area contributed by atoms with Gasteiger partial charge in [0.15, 0.2) is 0 Å². The van der Waals surface area contributed by atoms with Crippen molar-refractivity contribution in [1.82, 2.24) is 9.80 Å². The van der Waals surface area contributed by atoms with Gasteiger partial charge in [-0.2, -0.15) is 8.42 Å². The highest BCUT2D eigenvalue weighted by Crippen LogP contribution is 2.38. The van der Waals surface area contributed by atoms with Crippen LogP contribution in [0.25, 0.3) is 11.3 Å². The Morgan fingerprint density at radius 1 is 0.978 bits per heavy atom. The summed E-state index contributed by atoms with van der Waals surface area (Å²) >= 11 is 0. The van der Waals surface area contributed by atoms with Crippen molar-refractivity contribution in [1.29, 1.82) is 0 Å². The summed E-state index contributed by atoms with van der Waals surface area (Å²) in [6, 6.07) is 22.2. The van der Waals surface area contributed by atoms with Crippen LogP contribution in [0.15, 0.2) is 72.8 Å². The standard InChI is InChI=1S/C31H33N5O4.C2H6O3S/c1-34-15-17-36(18-16-34)20-27(37)35(2)24-12-10-23(11-13-24)32-29(21-7-5-4-6-8-21)28-25-14-9-22(31(39)40-3)19-26(25)33-30(28)38;1-2-6(3,4)5/h4-14,19,32H,15-18,20H2,1-3H3,(H,33,38);2H2,1H3,(H,3,4,5). The van der Waals surface area contributed by atoms with Gasteiger partial charge in [-0.25, -0.2) is 4.79 Å². The number of ether oxygens (including phenoxy) is 1. The fourth-order valence-electron chi connectivity index (χ4n) is 4.91. The lowest BCUT2D eigenvalue weighted by Crippen LogP contribution is -2.48. The Labute approximate surface area is 269 Å². The van der Waals surface area contributed by atoms with E-state index in [1.165, 1.54) is 14.0 Å². The van der Waals surface area contributed by atoms with Crippen LogP contribution in [0.2, 0.25) is 0 Å². The summed E-state index contributed by atoms with van der Waals surface area (Å²) in [5.41, 5.74) is 5.10. The molecule has 0 aliphatic carbocycles. The van der Waals surface area contributed by atoms with Gasteiger partial charge in [-0.05, 0) is 55.9 Å². The van der Waals surface area contributed by atoms with Gasteiger partial charge < -0.3 is 25.2 Å². The molecule has 2 aliphatic heterocycles. The first-order valence-electron chi connectivity index (χ1n) is 14.7. The average Bonchev–Trinajstić information content (AvgIpc) is 3.39. The average molecular weight is 650 g/mol. The van der Waals surface area contributed by atoms with E-state index in [-0.39, 0.29) is 17.6 Å². The normalized spacial score (nSPS) is 16.0. The summed E-state index contributed by atoms with van der Waals surface area (Å²) in [7, 11) is 1.55. The summed E-state index contributed by atoms with van der Waals surface area (Å²) in [6.45, 7) is 5.46. The number of nitrogens with zero attached hydrogens (tertiary/aromatic N) is 3. The fraction of sp³-hybridized carbons (Fsp3) is 0.303. The molecule has 1 fully saturated rings. The molecule has 13 heteroatoms. The number of piperazine rings is 1. The first-order chi connectivity index (χ1) is 21.9. The largest absolute Gasteiger partial charge is 0.465 e. The lowest BCUT2D eigenvalue weighted by atomic mass is 9.99. The second kappa shape index (κ2) is 15.1. The molecule has 5 rings (SSSR count). The maximum Gasteiger partial charge on any atom is 0.337 e. The Kier molecular flexibility index (Phi) is 11.3. The number of amides is 2. The lowest BCUT2D eigenvalue weighted by Gasteiger charge is -2.32. The Hall–Kier alpha value is -4.56. The zero-order valence-corrected chi connectivity index (χ0v) is 27.1. The highest BCUT2D eigenvalue weighted by Gasteiger charge is 2.29. The molecule has 2 amide bonds. The van der Waals surface area contributed by atoms with Gasteiger partial charge in [0, 0.05) is 50.2 Å². The van der Waals surface area contributed by atoms with E-state index >= 15 is 0 Å². The van der Waals surface area contributed by atoms with E-state index in [2.05, 4.69) is 27.5 Å². The molecule has 0 aromatic heterocycles. The summed E-state index contributed by atoms with van der Waals surface area (Å²) in [5, 5.41) is 6.31. The quantitative estimate of drug-likeness (QED) is 0.188. The number of rotatable bonds is 8. The number of nitrogens with one attached hydrogen (secondary N) is 2. The number of anilines is 3. The zero-order chi connectivity index (χ0) is 33.4. The van der Waals surface area contributed by atoms with Crippen LogP contribution in [0.4, 0.5) is 17.1 Å². The van der Waals surface area contributed by atoms with Crippen molar-refractivity contribution < 1.29 is 32.1 Å². The number of methoxy groups -OCH3 is 1. The molecule has 3 aromatic rings. The molecular weight excluding hydrogens is 610 g/mol. The van der Waals surface area contributed by atoms with Gasteiger partial charge in [-0.1, -0.05) is 36.4 Å². The fourth-order valence-corrected chi connectivity index (χ4v) is 4.91. The molecule has 3 aromatic carbocycles. The van der Waals surface area contributed by atoms with Gasteiger partial charge in [0.05, 0.1) is 41.9 Å². The van der Waals surface area contributed by atoms with Crippen molar-refractivity contribution in [3.05, 3.63) is 89.5 Å². The van der Waals surface area contributed by atoms with Crippen molar-refractivity contribution in [2.45, 2.75) is 6.92 Å². The van der Waals surface area contributed by atoms with Crippen molar-refractivity contribution in [3.63, 3.8) is 0 Å². The SMILES string of the molecule is CCS(=O)(=O)O.COC(=O)c1ccc2c(c1)NC(=O)C2=C(Nc1ccc(N(C)C(=O)CN2CCN(C)CC2)cc1)c1ccccc1. The van der Waals surface area contributed by atoms with Gasteiger partial charge >= 0.3 is 5.97 Å². The topological polar surface area (TPSA) is 149 Å². The highest BCUT2D eigenvalue weighted by molar-refractivity contribution is 7.85. The maximum atomic E-state index is 13.2. The molecule has 0 unspecified atom stereocenters. The molecule has 0 spiro atoms. The predicted molar refractivity (Wildman–Crippen MR) is 179 cm³/mol. The third kappa shape index (κ3) is 8.79. The van der Waals surface area contributed by atoms with Gasteiger partial charge in [0.1, 0.15) is 0 Å². The number of fused-ring (bicyclic) bond motifs is 1. The number of hydrogen-bond donors (Lipinski definition) is 3. The predicted octanol–water partition coefficient (Wildman–Crippen LogP) is 3.51. The molecule has 1 saturated heterocycles. The lowest BCUT2D eigenvalue weighted by molar-refractivity contribution is -0.119. The first-order valence-corrected chi connectivity index (χ1v) is 16.3. The van der Waals surface area contributed by atoms with Crippen LogP contribution in [0.3, 0.4) is 0 Å². The second-order valence-corrected chi connectivity index (χ2v) is 12.6. The maximum absolute atomic E-state index is 13.2. The summed E-state index contributed by atoms with van der Waals surface area (Å²) in [4.78, 5) is 44.3. The van der Waals surface area contributed by atoms with E-state index in [0.717, 1.165) is 43.1 Å². The summed E-state index contributed by atoms with van der Waals surface area (Å²) in [5.74, 6) is -0.896. The minimum atomic E-state index is -3.66. The smallest absolute Gasteiger partial charge is 0.337 e. The van der Waals surface area contributed by atoms with Crippen LogP contribution in [0.5, 0.6) is 0 Å². The Balaban J connectivity index is 0.000000731. The molecule has 0 atom stereocenters. The van der Waals surface area contributed by atoms with Crippen LogP contribution >= 0.6 is 0 Å². The molecule has 12 nitrogen and oxygen atoms in total.